The highest BCUT2D eigenvalue weighted by Gasteiger charge is 2.29. The third-order valence-electron chi connectivity index (χ3n) is 8.07. The Kier molecular flexibility index (Phi) is 5.26. The van der Waals surface area contributed by atoms with Gasteiger partial charge in [0.05, 0.1) is 29.0 Å². The van der Waals surface area contributed by atoms with E-state index in [1.165, 1.54) is 17.6 Å². The Morgan fingerprint density at radius 3 is 2.73 bits per heavy atom. The number of nitrogens with zero attached hydrogens (tertiary/aromatic N) is 6. The molecule has 3 aromatic heterocycles. The van der Waals surface area contributed by atoms with E-state index in [2.05, 4.69) is 37.7 Å². The molecular weight excluding hydrogens is 462 g/mol. The number of carbonyl (C=O) groups excluding carboxylic acids is 1. The quantitative estimate of drug-likeness (QED) is 0.458. The Morgan fingerprint density at radius 1 is 1.00 bits per heavy atom. The van der Waals surface area contributed by atoms with Crippen LogP contribution in [0.15, 0.2) is 48.9 Å². The number of carbonyl (C=O) groups is 1. The number of benzene rings is 1. The lowest BCUT2D eigenvalue weighted by Crippen LogP contribution is -2.45. The maximum Gasteiger partial charge on any atom is 0.320 e. The summed E-state index contributed by atoms with van der Waals surface area (Å²) in [5, 5.41) is 14.5. The van der Waals surface area contributed by atoms with Gasteiger partial charge in [-0.2, -0.15) is 5.26 Å². The molecular formula is C29H29N7O. The number of fused-ring (bicyclic) bond motifs is 1. The van der Waals surface area contributed by atoms with Gasteiger partial charge in [0.2, 0.25) is 0 Å². The predicted octanol–water partition coefficient (Wildman–Crippen LogP) is 4.10. The number of pyridine rings is 1. The molecule has 8 heteroatoms. The number of hydrogen-bond acceptors (Lipinski definition) is 4. The zero-order valence-corrected chi connectivity index (χ0v) is 20.8. The second-order valence-corrected chi connectivity index (χ2v) is 10.3. The summed E-state index contributed by atoms with van der Waals surface area (Å²) in [5.74, 6) is 0. The predicted molar refractivity (Wildman–Crippen MR) is 143 cm³/mol. The van der Waals surface area contributed by atoms with Gasteiger partial charge in [-0.15, -0.1) is 0 Å². The second-order valence-electron chi connectivity index (χ2n) is 10.3. The first-order valence-corrected chi connectivity index (χ1v) is 13.2. The number of amides is 2. The lowest BCUT2D eigenvalue weighted by molar-refractivity contribution is 0.140. The van der Waals surface area contributed by atoms with E-state index in [0.29, 0.717) is 18.7 Å². The van der Waals surface area contributed by atoms with Crippen molar-refractivity contribution in [3.63, 3.8) is 0 Å². The third-order valence-corrected chi connectivity index (χ3v) is 8.07. The zero-order chi connectivity index (χ0) is 24.9. The number of rotatable bonds is 2. The van der Waals surface area contributed by atoms with E-state index in [0.717, 1.165) is 78.9 Å². The molecule has 1 fully saturated rings. The normalized spacial score (nSPS) is 18.0. The lowest BCUT2D eigenvalue weighted by atomic mass is 9.97. The summed E-state index contributed by atoms with van der Waals surface area (Å²) in [5.41, 5.74) is 8.50. The van der Waals surface area contributed by atoms with Gasteiger partial charge in [0.1, 0.15) is 5.65 Å². The Balaban J connectivity index is 1.34. The third kappa shape index (κ3) is 3.61. The zero-order valence-electron chi connectivity index (χ0n) is 20.8. The first-order valence-electron chi connectivity index (χ1n) is 13.2. The summed E-state index contributed by atoms with van der Waals surface area (Å²) in [6, 6.07) is 12.5. The molecule has 1 saturated heterocycles. The van der Waals surface area contributed by atoms with Gasteiger partial charge in [-0.05, 0) is 60.2 Å². The molecule has 6 heterocycles. The molecule has 186 valence electrons. The van der Waals surface area contributed by atoms with E-state index in [4.69, 9.17) is 0 Å². The molecule has 0 radical (unpaired) electrons. The lowest BCUT2D eigenvalue weighted by Gasteiger charge is -2.32. The van der Waals surface area contributed by atoms with Gasteiger partial charge >= 0.3 is 6.03 Å². The minimum atomic E-state index is 0.124. The first kappa shape index (κ1) is 22.1. The number of urea groups is 1. The Hall–Kier alpha value is -4.09. The van der Waals surface area contributed by atoms with Crippen molar-refractivity contribution in [2.24, 2.45) is 0 Å². The number of hydrogen-bond donors (Lipinski definition) is 1. The van der Waals surface area contributed by atoms with Crippen LogP contribution in [-0.4, -0.2) is 62.5 Å². The van der Waals surface area contributed by atoms with Crippen molar-refractivity contribution in [3.8, 4) is 6.07 Å². The van der Waals surface area contributed by atoms with Crippen molar-refractivity contribution in [3.05, 3.63) is 71.3 Å². The summed E-state index contributed by atoms with van der Waals surface area (Å²) < 4.78 is 4.43. The summed E-state index contributed by atoms with van der Waals surface area (Å²) in [7, 11) is 0. The SMILES string of the molecule is N#Cc1cc2c3c(c1)c(C1=C(c4cnc5ccccn45)CNC1)cn3CCN(C(=O)N1CCCCC1)C2. The van der Waals surface area contributed by atoms with Crippen molar-refractivity contribution < 1.29 is 4.79 Å². The van der Waals surface area contributed by atoms with Crippen LogP contribution in [0.4, 0.5) is 4.79 Å². The van der Waals surface area contributed by atoms with Crippen molar-refractivity contribution in [2.45, 2.75) is 32.4 Å². The monoisotopic (exact) mass is 491 g/mol. The fourth-order valence-electron chi connectivity index (χ4n) is 6.28. The number of nitrogens with one attached hydrogen (secondary N) is 1. The van der Waals surface area contributed by atoms with E-state index in [9.17, 15) is 10.1 Å². The number of nitriles is 1. The van der Waals surface area contributed by atoms with Gasteiger partial charge < -0.3 is 19.7 Å². The smallest absolute Gasteiger partial charge is 0.320 e. The summed E-state index contributed by atoms with van der Waals surface area (Å²) in [6.07, 6.45) is 9.60. The van der Waals surface area contributed by atoms with E-state index in [-0.39, 0.29) is 6.03 Å². The molecule has 0 bridgehead atoms. The van der Waals surface area contributed by atoms with Crippen molar-refractivity contribution in [1.29, 1.82) is 5.26 Å². The van der Waals surface area contributed by atoms with E-state index in [1.807, 2.05) is 46.3 Å². The van der Waals surface area contributed by atoms with Gasteiger partial charge in [0.15, 0.2) is 0 Å². The summed E-state index contributed by atoms with van der Waals surface area (Å²) in [4.78, 5) is 21.9. The highest BCUT2D eigenvalue weighted by molar-refractivity contribution is 6.04. The fraction of sp³-hybridized carbons (Fsp3) is 0.345. The standard InChI is InChI=1S/C29H29N7O/c30-14-20-12-21-18-35(29(37)33-7-3-1-4-8-33)11-10-34-19-25(22(13-20)28(21)34)23-15-31-16-24(23)26-17-32-27-6-2-5-9-36(26)27/h2,5-6,9,12-13,17,19,31H,1,3-4,7-8,10-11,15-16,18H2. The molecule has 3 aliphatic heterocycles. The molecule has 0 atom stereocenters. The summed E-state index contributed by atoms with van der Waals surface area (Å²) >= 11 is 0. The maximum atomic E-state index is 13.4. The molecule has 4 aromatic rings. The van der Waals surface area contributed by atoms with E-state index >= 15 is 0 Å². The average molecular weight is 492 g/mol. The van der Waals surface area contributed by atoms with Crippen LogP contribution in [0.5, 0.6) is 0 Å². The van der Waals surface area contributed by atoms with Gasteiger partial charge in [0, 0.05) is 69.2 Å². The topological polar surface area (TPSA) is 81.6 Å². The maximum absolute atomic E-state index is 13.4. The van der Waals surface area contributed by atoms with Crippen molar-refractivity contribution in [2.75, 3.05) is 32.7 Å². The van der Waals surface area contributed by atoms with Gasteiger partial charge in [-0.1, -0.05) is 6.07 Å². The van der Waals surface area contributed by atoms with Gasteiger partial charge in [0.25, 0.3) is 0 Å². The Morgan fingerprint density at radius 2 is 1.86 bits per heavy atom. The van der Waals surface area contributed by atoms with Crippen LogP contribution in [0, 0.1) is 11.3 Å². The highest BCUT2D eigenvalue weighted by atomic mass is 16.2. The van der Waals surface area contributed by atoms with Crippen LogP contribution >= 0.6 is 0 Å². The van der Waals surface area contributed by atoms with Crippen molar-refractivity contribution >= 4 is 33.7 Å². The number of likely N-dealkylation sites (tertiary alicyclic amines) is 1. The molecule has 2 amide bonds. The average Bonchev–Trinajstić information content (AvgIpc) is 3.64. The minimum absolute atomic E-state index is 0.124. The van der Waals surface area contributed by atoms with Crippen LogP contribution in [0.3, 0.4) is 0 Å². The number of aromatic nitrogens is 3. The molecule has 0 aliphatic carbocycles. The molecule has 0 spiro atoms. The Labute approximate surface area is 215 Å². The van der Waals surface area contributed by atoms with Gasteiger partial charge in [-0.25, -0.2) is 9.78 Å². The van der Waals surface area contributed by atoms with Crippen LogP contribution in [-0.2, 0) is 13.1 Å². The van der Waals surface area contributed by atoms with Crippen LogP contribution in [0.1, 0.15) is 41.6 Å². The first-order chi connectivity index (χ1) is 18.2. The molecule has 3 aliphatic rings. The Bertz CT molecular complexity index is 1610. The molecule has 0 unspecified atom stereocenters. The molecule has 8 nitrogen and oxygen atoms in total. The molecule has 0 saturated carbocycles. The van der Waals surface area contributed by atoms with Crippen LogP contribution in [0.2, 0.25) is 0 Å². The largest absolute Gasteiger partial charge is 0.345 e. The number of imidazole rings is 1. The van der Waals surface area contributed by atoms with Crippen molar-refractivity contribution in [1.82, 2.24) is 29.1 Å². The molecule has 1 aromatic carbocycles. The molecule has 1 N–H and O–H groups in total. The van der Waals surface area contributed by atoms with Crippen LogP contribution < -0.4 is 5.32 Å². The highest BCUT2D eigenvalue weighted by Crippen LogP contribution is 2.37. The van der Waals surface area contributed by atoms with E-state index < -0.39 is 0 Å². The van der Waals surface area contributed by atoms with Crippen LogP contribution in [0.25, 0.3) is 27.7 Å². The summed E-state index contributed by atoms with van der Waals surface area (Å²) in [6.45, 7) is 5.14. The fourth-order valence-corrected chi connectivity index (χ4v) is 6.28. The number of piperidine rings is 1. The molecule has 7 rings (SSSR count). The molecule has 37 heavy (non-hydrogen) atoms. The van der Waals surface area contributed by atoms with Gasteiger partial charge in [-0.3, -0.25) is 4.40 Å². The minimum Gasteiger partial charge on any atom is -0.345 e. The second kappa shape index (κ2) is 8.79. The van der Waals surface area contributed by atoms with E-state index in [1.54, 1.807) is 0 Å².